The molecule has 0 aliphatic carbocycles. The number of halogens is 1. The molecule has 2 aromatic carbocycles. The number of carbonyl (C=O) groups excluding carboxylic acids is 2. The molecular formula is C20H17ClN2O2S2. The molecule has 0 fully saturated rings. The number of nitrogens with one attached hydrogen (secondary N) is 2. The van der Waals surface area contributed by atoms with Gasteiger partial charge in [-0.3, -0.25) is 9.59 Å². The highest BCUT2D eigenvalue weighted by Gasteiger charge is 2.09. The second-order valence-electron chi connectivity index (χ2n) is 5.76. The lowest BCUT2D eigenvalue weighted by molar-refractivity contribution is -0.113. The minimum Gasteiger partial charge on any atom is -0.325 e. The van der Waals surface area contributed by atoms with Crippen LogP contribution in [-0.2, 0) is 4.79 Å². The third-order valence-electron chi connectivity index (χ3n) is 3.66. The minimum absolute atomic E-state index is 0.118. The maximum absolute atomic E-state index is 12.2. The lowest BCUT2D eigenvalue weighted by Gasteiger charge is -2.08. The van der Waals surface area contributed by atoms with Crippen molar-refractivity contribution in [2.24, 2.45) is 0 Å². The molecule has 138 valence electrons. The monoisotopic (exact) mass is 416 g/mol. The summed E-state index contributed by atoms with van der Waals surface area (Å²) in [4.78, 5) is 25.8. The van der Waals surface area contributed by atoms with Gasteiger partial charge < -0.3 is 10.6 Å². The second kappa shape index (κ2) is 9.08. The van der Waals surface area contributed by atoms with E-state index in [9.17, 15) is 9.59 Å². The third-order valence-corrected chi connectivity index (χ3v) is 5.93. The molecule has 0 atom stereocenters. The van der Waals surface area contributed by atoms with Gasteiger partial charge in [-0.25, -0.2) is 0 Å². The molecule has 3 aromatic rings. The van der Waals surface area contributed by atoms with Gasteiger partial charge in [0.2, 0.25) is 5.91 Å². The van der Waals surface area contributed by atoms with Crippen LogP contribution in [-0.4, -0.2) is 17.6 Å². The van der Waals surface area contributed by atoms with Crippen LogP contribution >= 0.6 is 34.7 Å². The minimum atomic E-state index is -0.138. The summed E-state index contributed by atoms with van der Waals surface area (Å²) in [6, 6.07) is 16.5. The molecule has 0 saturated heterocycles. The largest absolute Gasteiger partial charge is 0.325 e. The molecule has 1 heterocycles. The lowest BCUT2D eigenvalue weighted by Crippen LogP contribution is -2.14. The van der Waals surface area contributed by atoms with E-state index < -0.39 is 0 Å². The standard InChI is InChI=1S/C20H17ClN2O2S2/c1-13-7-8-15(11-17(13)21)22-19(24)12-27-16-5-2-4-14(10-16)23-20(25)18-6-3-9-26-18/h2-11H,12H2,1H3,(H,22,24)(H,23,25). The van der Waals surface area contributed by atoms with Gasteiger partial charge in [-0.05, 0) is 54.3 Å². The van der Waals surface area contributed by atoms with E-state index in [0.717, 1.165) is 10.5 Å². The van der Waals surface area contributed by atoms with Crippen molar-refractivity contribution in [2.75, 3.05) is 16.4 Å². The molecule has 27 heavy (non-hydrogen) atoms. The predicted octanol–water partition coefficient (Wildman–Crippen LogP) is 5.69. The Kier molecular flexibility index (Phi) is 6.55. The first-order valence-corrected chi connectivity index (χ1v) is 10.4. The van der Waals surface area contributed by atoms with Gasteiger partial charge in [-0.15, -0.1) is 23.1 Å². The average Bonchev–Trinajstić information content (AvgIpc) is 3.18. The highest BCUT2D eigenvalue weighted by atomic mass is 35.5. The van der Waals surface area contributed by atoms with Crippen molar-refractivity contribution in [2.45, 2.75) is 11.8 Å². The summed E-state index contributed by atoms with van der Waals surface area (Å²) in [5.41, 5.74) is 2.34. The SMILES string of the molecule is Cc1ccc(NC(=O)CSc2cccc(NC(=O)c3cccs3)c2)cc1Cl. The van der Waals surface area contributed by atoms with Crippen molar-refractivity contribution < 1.29 is 9.59 Å². The fourth-order valence-corrected chi connectivity index (χ4v) is 3.84. The van der Waals surface area contributed by atoms with Crippen molar-refractivity contribution in [3.05, 3.63) is 75.4 Å². The van der Waals surface area contributed by atoms with E-state index in [1.165, 1.54) is 23.1 Å². The Labute approximate surface area is 170 Å². The number of thioether (sulfide) groups is 1. The molecule has 3 rings (SSSR count). The number of rotatable bonds is 6. The highest BCUT2D eigenvalue weighted by Crippen LogP contribution is 2.24. The number of aryl methyl sites for hydroxylation is 1. The Morgan fingerprint density at radius 1 is 1.04 bits per heavy atom. The van der Waals surface area contributed by atoms with E-state index in [1.54, 1.807) is 12.1 Å². The molecule has 2 amide bonds. The van der Waals surface area contributed by atoms with Gasteiger partial charge in [0.1, 0.15) is 0 Å². The van der Waals surface area contributed by atoms with Crippen molar-refractivity contribution in [3.8, 4) is 0 Å². The van der Waals surface area contributed by atoms with Gasteiger partial charge in [-0.2, -0.15) is 0 Å². The number of carbonyl (C=O) groups is 2. The first-order chi connectivity index (χ1) is 13.0. The molecule has 0 aliphatic heterocycles. The van der Waals surface area contributed by atoms with Crippen LogP contribution in [0.25, 0.3) is 0 Å². The third kappa shape index (κ3) is 5.60. The number of hydrogen-bond donors (Lipinski definition) is 2. The van der Waals surface area contributed by atoms with Gasteiger partial charge >= 0.3 is 0 Å². The van der Waals surface area contributed by atoms with E-state index in [0.29, 0.717) is 21.3 Å². The Morgan fingerprint density at radius 2 is 1.85 bits per heavy atom. The molecule has 2 N–H and O–H groups in total. The van der Waals surface area contributed by atoms with Crippen LogP contribution in [0.5, 0.6) is 0 Å². The smallest absolute Gasteiger partial charge is 0.265 e. The van der Waals surface area contributed by atoms with Crippen LogP contribution in [0.3, 0.4) is 0 Å². The van der Waals surface area contributed by atoms with Gasteiger partial charge in [-0.1, -0.05) is 29.8 Å². The zero-order chi connectivity index (χ0) is 19.2. The molecule has 4 nitrogen and oxygen atoms in total. The molecular weight excluding hydrogens is 400 g/mol. The lowest BCUT2D eigenvalue weighted by atomic mass is 10.2. The summed E-state index contributed by atoms with van der Waals surface area (Å²) in [5, 5.41) is 8.18. The normalized spacial score (nSPS) is 10.4. The summed E-state index contributed by atoms with van der Waals surface area (Å²) in [7, 11) is 0. The first kappa shape index (κ1) is 19.5. The van der Waals surface area contributed by atoms with Crippen LogP contribution in [0.1, 0.15) is 15.2 Å². The van der Waals surface area contributed by atoms with Crippen LogP contribution in [0.4, 0.5) is 11.4 Å². The van der Waals surface area contributed by atoms with Crippen molar-refractivity contribution >= 4 is 57.9 Å². The molecule has 0 bridgehead atoms. The zero-order valence-electron chi connectivity index (χ0n) is 14.5. The van der Waals surface area contributed by atoms with E-state index in [-0.39, 0.29) is 17.6 Å². The topological polar surface area (TPSA) is 58.2 Å². The Morgan fingerprint density at radius 3 is 2.59 bits per heavy atom. The fourth-order valence-electron chi connectivity index (χ4n) is 2.28. The van der Waals surface area contributed by atoms with Crippen molar-refractivity contribution in [1.82, 2.24) is 0 Å². The predicted molar refractivity (Wildman–Crippen MR) is 114 cm³/mol. The van der Waals surface area contributed by atoms with Crippen LogP contribution < -0.4 is 10.6 Å². The number of anilines is 2. The van der Waals surface area contributed by atoms with Gasteiger partial charge in [0, 0.05) is 21.3 Å². The summed E-state index contributed by atoms with van der Waals surface area (Å²) in [5.74, 6) is 0.00228. The van der Waals surface area contributed by atoms with E-state index in [4.69, 9.17) is 11.6 Å². The number of hydrogen-bond acceptors (Lipinski definition) is 4. The van der Waals surface area contributed by atoms with Gasteiger partial charge in [0.05, 0.1) is 10.6 Å². The molecule has 7 heteroatoms. The highest BCUT2D eigenvalue weighted by molar-refractivity contribution is 8.00. The fraction of sp³-hybridized carbons (Fsp3) is 0.100. The maximum atomic E-state index is 12.2. The summed E-state index contributed by atoms with van der Waals surface area (Å²) in [6.45, 7) is 1.91. The van der Waals surface area contributed by atoms with E-state index in [2.05, 4.69) is 10.6 Å². The van der Waals surface area contributed by atoms with Crippen LogP contribution in [0, 0.1) is 6.92 Å². The zero-order valence-corrected chi connectivity index (χ0v) is 16.9. The van der Waals surface area contributed by atoms with Gasteiger partial charge in [0.25, 0.3) is 5.91 Å². The molecule has 1 aromatic heterocycles. The number of thiophene rings is 1. The second-order valence-corrected chi connectivity index (χ2v) is 8.16. The Hall–Kier alpha value is -2.28. The number of amides is 2. The first-order valence-electron chi connectivity index (χ1n) is 8.15. The average molecular weight is 417 g/mol. The maximum Gasteiger partial charge on any atom is 0.265 e. The van der Waals surface area contributed by atoms with Crippen LogP contribution in [0.15, 0.2) is 64.9 Å². The van der Waals surface area contributed by atoms with Crippen molar-refractivity contribution in [1.29, 1.82) is 0 Å². The van der Waals surface area contributed by atoms with E-state index in [1.807, 2.05) is 54.8 Å². The quantitative estimate of drug-likeness (QED) is 0.507. The Balaban J connectivity index is 1.55. The van der Waals surface area contributed by atoms with E-state index >= 15 is 0 Å². The van der Waals surface area contributed by atoms with Crippen LogP contribution in [0.2, 0.25) is 5.02 Å². The summed E-state index contributed by atoms with van der Waals surface area (Å²) < 4.78 is 0. The number of benzene rings is 2. The molecule has 0 unspecified atom stereocenters. The molecule has 0 radical (unpaired) electrons. The molecule has 0 saturated carbocycles. The van der Waals surface area contributed by atoms with Crippen molar-refractivity contribution in [3.63, 3.8) is 0 Å². The summed E-state index contributed by atoms with van der Waals surface area (Å²) in [6.07, 6.45) is 0. The molecule has 0 spiro atoms. The Bertz CT molecular complexity index is 958. The van der Waals surface area contributed by atoms with Gasteiger partial charge in [0.15, 0.2) is 0 Å². The molecule has 0 aliphatic rings. The summed E-state index contributed by atoms with van der Waals surface area (Å²) >= 11 is 8.87.